The Balaban J connectivity index is 1.99. The van der Waals surface area contributed by atoms with Gasteiger partial charge in [-0.1, -0.05) is 24.3 Å². The zero-order chi connectivity index (χ0) is 14.8. The molecule has 110 valence electrons. The van der Waals surface area contributed by atoms with Crippen LogP contribution in [0.15, 0.2) is 36.5 Å². The molecule has 1 aliphatic heterocycles. The number of fused-ring (bicyclic) bond motifs is 1. The molecule has 1 N–H and O–H groups in total. The van der Waals surface area contributed by atoms with Gasteiger partial charge >= 0.3 is 0 Å². The van der Waals surface area contributed by atoms with Gasteiger partial charge in [-0.2, -0.15) is 0 Å². The Morgan fingerprint density at radius 2 is 2.14 bits per heavy atom. The number of likely N-dealkylation sites (tertiary alicyclic amines) is 1. The number of carbonyl (C=O) groups excluding carboxylic acids is 1. The zero-order valence-corrected chi connectivity index (χ0v) is 12.2. The molecule has 2 heterocycles. The summed E-state index contributed by atoms with van der Waals surface area (Å²) in [7, 11) is 0. The number of benzene rings is 1. The van der Waals surface area contributed by atoms with E-state index in [0.717, 1.165) is 30.0 Å². The lowest BCUT2D eigenvalue weighted by molar-refractivity contribution is 0.0278. The number of hydrogen-bond donors (Lipinski definition) is 1. The van der Waals surface area contributed by atoms with Crippen LogP contribution in [0.2, 0.25) is 0 Å². The number of aromatic nitrogens is 1. The fraction of sp³-hybridized carbons (Fsp3) is 0.412. The van der Waals surface area contributed by atoms with E-state index in [0.29, 0.717) is 12.2 Å². The van der Waals surface area contributed by atoms with E-state index in [-0.39, 0.29) is 11.9 Å². The Labute approximate surface area is 124 Å². The van der Waals surface area contributed by atoms with E-state index in [1.807, 2.05) is 30.3 Å². The fourth-order valence-corrected chi connectivity index (χ4v) is 3.14. The second-order valence-corrected chi connectivity index (χ2v) is 5.68. The predicted molar refractivity (Wildman–Crippen MR) is 82.1 cm³/mol. The van der Waals surface area contributed by atoms with Crippen molar-refractivity contribution in [2.75, 3.05) is 6.54 Å². The van der Waals surface area contributed by atoms with Crippen molar-refractivity contribution >= 4 is 16.7 Å². The first-order chi connectivity index (χ1) is 10.2. The summed E-state index contributed by atoms with van der Waals surface area (Å²) in [6.07, 6.45) is 4.07. The Morgan fingerprint density at radius 3 is 2.95 bits per heavy atom. The van der Waals surface area contributed by atoms with Crippen LogP contribution in [0.5, 0.6) is 0 Å². The van der Waals surface area contributed by atoms with Gasteiger partial charge in [-0.3, -0.25) is 9.78 Å². The molecule has 0 aliphatic carbocycles. The van der Waals surface area contributed by atoms with Crippen molar-refractivity contribution in [1.29, 1.82) is 0 Å². The van der Waals surface area contributed by atoms with Crippen molar-refractivity contribution in [2.24, 2.45) is 0 Å². The summed E-state index contributed by atoms with van der Waals surface area (Å²) in [4.78, 5) is 19.0. The first-order valence-electron chi connectivity index (χ1n) is 7.51. The van der Waals surface area contributed by atoms with Gasteiger partial charge in [0.25, 0.3) is 5.91 Å². The molecule has 1 saturated heterocycles. The third-order valence-electron chi connectivity index (χ3n) is 4.24. The monoisotopic (exact) mass is 284 g/mol. The summed E-state index contributed by atoms with van der Waals surface area (Å²) in [6.45, 7) is 2.45. The maximum atomic E-state index is 12.9. The van der Waals surface area contributed by atoms with Crippen molar-refractivity contribution in [1.82, 2.24) is 9.88 Å². The molecule has 1 aromatic heterocycles. The number of carbonyl (C=O) groups is 1. The lowest BCUT2D eigenvalue weighted by Crippen LogP contribution is -2.49. The maximum Gasteiger partial charge on any atom is 0.273 e. The van der Waals surface area contributed by atoms with Crippen LogP contribution in [0, 0.1) is 0 Å². The van der Waals surface area contributed by atoms with Crippen LogP contribution in [0.1, 0.15) is 36.7 Å². The molecule has 0 spiro atoms. The van der Waals surface area contributed by atoms with Crippen LogP contribution < -0.4 is 0 Å². The van der Waals surface area contributed by atoms with Crippen LogP contribution in [0.25, 0.3) is 10.8 Å². The number of nitrogens with zero attached hydrogens (tertiary/aromatic N) is 2. The molecule has 1 amide bonds. The number of pyridine rings is 1. The van der Waals surface area contributed by atoms with Gasteiger partial charge in [0.05, 0.1) is 12.1 Å². The molecule has 0 bridgehead atoms. The minimum absolute atomic E-state index is 0.0719. The van der Waals surface area contributed by atoms with E-state index < -0.39 is 6.10 Å². The molecule has 0 saturated carbocycles. The van der Waals surface area contributed by atoms with E-state index >= 15 is 0 Å². The van der Waals surface area contributed by atoms with Crippen LogP contribution in [0.4, 0.5) is 0 Å². The summed E-state index contributed by atoms with van der Waals surface area (Å²) in [6, 6.07) is 9.59. The largest absolute Gasteiger partial charge is 0.391 e. The summed E-state index contributed by atoms with van der Waals surface area (Å²) < 4.78 is 0. The molecule has 0 unspecified atom stereocenters. The molecule has 2 aromatic rings. The summed E-state index contributed by atoms with van der Waals surface area (Å²) in [5, 5.41) is 11.8. The highest BCUT2D eigenvalue weighted by Crippen LogP contribution is 2.24. The number of piperidine rings is 1. The van der Waals surface area contributed by atoms with Gasteiger partial charge in [0, 0.05) is 18.1 Å². The topological polar surface area (TPSA) is 53.4 Å². The molecule has 1 fully saturated rings. The van der Waals surface area contributed by atoms with Crippen molar-refractivity contribution < 1.29 is 9.90 Å². The van der Waals surface area contributed by atoms with Crippen molar-refractivity contribution in [3.05, 3.63) is 42.2 Å². The van der Waals surface area contributed by atoms with E-state index in [1.54, 1.807) is 18.0 Å². The average Bonchev–Trinajstić information content (AvgIpc) is 2.53. The first-order valence-corrected chi connectivity index (χ1v) is 7.51. The van der Waals surface area contributed by atoms with Gasteiger partial charge in [0.15, 0.2) is 0 Å². The van der Waals surface area contributed by atoms with Crippen LogP contribution >= 0.6 is 0 Å². The summed E-state index contributed by atoms with van der Waals surface area (Å²) >= 11 is 0. The van der Waals surface area contributed by atoms with Crippen molar-refractivity contribution in [3.8, 4) is 0 Å². The number of hydrogen-bond acceptors (Lipinski definition) is 3. The van der Waals surface area contributed by atoms with Gasteiger partial charge in [0.2, 0.25) is 0 Å². The van der Waals surface area contributed by atoms with E-state index in [9.17, 15) is 9.90 Å². The fourth-order valence-electron chi connectivity index (χ4n) is 3.14. The lowest BCUT2D eigenvalue weighted by atomic mass is 9.97. The van der Waals surface area contributed by atoms with E-state index in [1.165, 1.54) is 0 Å². The third-order valence-corrected chi connectivity index (χ3v) is 4.24. The molecular formula is C17H20N2O2. The molecule has 4 heteroatoms. The number of rotatable bonds is 2. The molecule has 3 rings (SSSR count). The minimum Gasteiger partial charge on any atom is -0.391 e. The SMILES string of the molecule is C[C@@H](O)[C@@H]1CCCCN1C(=O)c1nccc2ccccc12. The standard InChI is InChI=1S/C17H20N2O2/c1-12(20)15-8-4-5-11-19(15)17(21)16-14-7-3-2-6-13(14)9-10-18-16/h2-3,6-7,9-10,12,15,20H,4-5,8,11H2,1H3/t12-,15+/m1/s1. The molecule has 1 aliphatic rings. The Kier molecular flexibility index (Phi) is 3.88. The number of aliphatic hydroxyl groups excluding tert-OH is 1. The van der Waals surface area contributed by atoms with Gasteiger partial charge in [-0.15, -0.1) is 0 Å². The minimum atomic E-state index is -0.510. The predicted octanol–water partition coefficient (Wildman–Crippen LogP) is 2.61. The van der Waals surface area contributed by atoms with E-state index in [2.05, 4.69) is 4.98 Å². The quantitative estimate of drug-likeness (QED) is 0.922. The highest BCUT2D eigenvalue weighted by atomic mass is 16.3. The number of amides is 1. The van der Waals surface area contributed by atoms with E-state index in [4.69, 9.17) is 0 Å². The van der Waals surface area contributed by atoms with Crippen molar-refractivity contribution in [2.45, 2.75) is 38.3 Å². The maximum absolute atomic E-state index is 12.9. The number of aliphatic hydroxyl groups is 1. The Hall–Kier alpha value is -1.94. The van der Waals surface area contributed by atoms with Crippen LogP contribution in [0.3, 0.4) is 0 Å². The van der Waals surface area contributed by atoms with Gasteiger partial charge in [-0.25, -0.2) is 0 Å². The lowest BCUT2D eigenvalue weighted by Gasteiger charge is -2.37. The van der Waals surface area contributed by atoms with Gasteiger partial charge in [-0.05, 0) is 37.6 Å². The molecule has 2 atom stereocenters. The summed E-state index contributed by atoms with van der Waals surface area (Å²) in [5.41, 5.74) is 0.487. The average molecular weight is 284 g/mol. The first kappa shape index (κ1) is 14.0. The molecule has 1 aromatic carbocycles. The second kappa shape index (κ2) is 5.82. The zero-order valence-electron chi connectivity index (χ0n) is 12.2. The normalized spacial score (nSPS) is 20.5. The van der Waals surface area contributed by atoms with Gasteiger partial charge < -0.3 is 10.0 Å². The second-order valence-electron chi connectivity index (χ2n) is 5.68. The highest BCUT2D eigenvalue weighted by molar-refractivity contribution is 6.05. The van der Waals surface area contributed by atoms with Crippen LogP contribution in [-0.2, 0) is 0 Å². The molecular weight excluding hydrogens is 264 g/mol. The Bertz CT molecular complexity index is 649. The van der Waals surface area contributed by atoms with Gasteiger partial charge in [0.1, 0.15) is 5.69 Å². The third kappa shape index (κ3) is 2.63. The molecule has 4 nitrogen and oxygen atoms in total. The van der Waals surface area contributed by atoms with Crippen molar-refractivity contribution in [3.63, 3.8) is 0 Å². The summed E-state index contributed by atoms with van der Waals surface area (Å²) in [5.74, 6) is -0.0719. The van der Waals surface area contributed by atoms with Crippen LogP contribution in [-0.4, -0.2) is 39.6 Å². The Morgan fingerprint density at radius 1 is 1.33 bits per heavy atom. The molecule has 21 heavy (non-hydrogen) atoms. The smallest absolute Gasteiger partial charge is 0.273 e. The highest BCUT2D eigenvalue weighted by Gasteiger charge is 2.31. The molecule has 0 radical (unpaired) electrons.